The van der Waals surface area contributed by atoms with Crippen molar-refractivity contribution >= 4 is 39.8 Å². The third kappa shape index (κ3) is 4.05. The first-order chi connectivity index (χ1) is 13.4. The Labute approximate surface area is 168 Å². The summed E-state index contributed by atoms with van der Waals surface area (Å²) in [5.74, 6) is -3.25. The molecule has 1 amide bonds. The summed E-state index contributed by atoms with van der Waals surface area (Å²) >= 11 is 7.32. The minimum Gasteiger partial charge on any atom is -0.462 e. The van der Waals surface area contributed by atoms with Gasteiger partial charge < -0.3 is 10.1 Å². The second-order valence-corrected chi connectivity index (χ2v) is 6.92. The van der Waals surface area contributed by atoms with Crippen molar-refractivity contribution in [2.45, 2.75) is 6.92 Å². The Bertz CT molecular complexity index is 1050. The predicted octanol–water partition coefficient (Wildman–Crippen LogP) is 5.78. The van der Waals surface area contributed by atoms with Crippen molar-refractivity contribution in [3.8, 4) is 11.1 Å². The fraction of sp³-hybridized carbons (Fsp3) is 0.100. The molecule has 0 radical (unpaired) electrons. The number of hydrogen-bond acceptors (Lipinski definition) is 4. The highest BCUT2D eigenvalue weighted by Gasteiger charge is 2.24. The highest BCUT2D eigenvalue weighted by atomic mass is 35.5. The quantitative estimate of drug-likeness (QED) is 0.531. The first-order valence-corrected chi connectivity index (χ1v) is 9.48. The Balaban J connectivity index is 2.02. The summed E-state index contributed by atoms with van der Waals surface area (Å²) in [7, 11) is 0. The molecule has 0 saturated carbocycles. The van der Waals surface area contributed by atoms with E-state index >= 15 is 0 Å². The summed E-state index contributed by atoms with van der Waals surface area (Å²) in [5.41, 5.74) is 0.862. The average Bonchev–Trinajstić information content (AvgIpc) is 3.05. The van der Waals surface area contributed by atoms with E-state index in [2.05, 4.69) is 5.32 Å². The predicted molar refractivity (Wildman–Crippen MR) is 105 cm³/mol. The molecule has 28 heavy (non-hydrogen) atoms. The second kappa shape index (κ2) is 8.50. The number of halogens is 3. The number of anilines is 1. The Hall–Kier alpha value is -2.77. The van der Waals surface area contributed by atoms with E-state index in [0.717, 1.165) is 23.5 Å². The van der Waals surface area contributed by atoms with Crippen LogP contribution in [0.2, 0.25) is 5.02 Å². The number of nitrogens with one attached hydrogen (secondary N) is 1. The van der Waals surface area contributed by atoms with Gasteiger partial charge in [0.25, 0.3) is 5.91 Å². The lowest BCUT2D eigenvalue weighted by atomic mass is 10.0. The average molecular weight is 422 g/mol. The lowest BCUT2D eigenvalue weighted by Gasteiger charge is -2.10. The van der Waals surface area contributed by atoms with Crippen molar-refractivity contribution in [2.75, 3.05) is 11.9 Å². The molecule has 2 aromatic carbocycles. The zero-order valence-electron chi connectivity index (χ0n) is 14.6. The zero-order valence-corrected chi connectivity index (χ0v) is 16.2. The molecule has 3 rings (SSSR count). The number of thiophene rings is 1. The van der Waals surface area contributed by atoms with Crippen molar-refractivity contribution in [3.63, 3.8) is 0 Å². The Morgan fingerprint density at radius 1 is 1.14 bits per heavy atom. The maximum Gasteiger partial charge on any atom is 0.341 e. The summed E-state index contributed by atoms with van der Waals surface area (Å²) in [6.07, 6.45) is 0. The maximum atomic E-state index is 13.9. The summed E-state index contributed by atoms with van der Waals surface area (Å²) in [6.45, 7) is 1.79. The Morgan fingerprint density at radius 2 is 1.89 bits per heavy atom. The van der Waals surface area contributed by atoms with Gasteiger partial charge in [-0.1, -0.05) is 29.8 Å². The lowest BCUT2D eigenvalue weighted by molar-refractivity contribution is 0.0529. The molecular weight excluding hydrogens is 408 g/mol. The zero-order chi connectivity index (χ0) is 20.3. The molecule has 0 spiro atoms. The van der Waals surface area contributed by atoms with E-state index in [1.165, 1.54) is 0 Å². The van der Waals surface area contributed by atoms with Gasteiger partial charge in [-0.2, -0.15) is 0 Å². The van der Waals surface area contributed by atoms with Crippen LogP contribution >= 0.6 is 22.9 Å². The third-order valence-corrected chi connectivity index (χ3v) is 5.06. The fourth-order valence-electron chi connectivity index (χ4n) is 2.58. The molecule has 8 heteroatoms. The van der Waals surface area contributed by atoms with Crippen LogP contribution in [0.5, 0.6) is 0 Å². The number of esters is 1. The normalized spacial score (nSPS) is 10.6. The van der Waals surface area contributed by atoms with E-state index in [1.807, 2.05) is 0 Å². The number of ether oxygens (including phenoxy) is 1. The molecule has 144 valence electrons. The molecule has 3 aromatic rings. The Kier molecular flexibility index (Phi) is 6.06. The van der Waals surface area contributed by atoms with Crippen LogP contribution in [0.4, 0.5) is 13.8 Å². The Morgan fingerprint density at radius 3 is 2.57 bits per heavy atom. The number of amides is 1. The van der Waals surface area contributed by atoms with Gasteiger partial charge in [0.2, 0.25) is 0 Å². The van der Waals surface area contributed by atoms with Crippen LogP contribution in [0.25, 0.3) is 11.1 Å². The summed E-state index contributed by atoms with van der Waals surface area (Å²) in [4.78, 5) is 25.0. The van der Waals surface area contributed by atoms with E-state index in [0.29, 0.717) is 22.2 Å². The maximum absolute atomic E-state index is 13.9. The van der Waals surface area contributed by atoms with Crippen LogP contribution in [0, 0.1) is 11.6 Å². The van der Waals surface area contributed by atoms with Gasteiger partial charge >= 0.3 is 5.97 Å². The number of hydrogen-bond donors (Lipinski definition) is 1. The fourth-order valence-corrected chi connectivity index (χ4v) is 3.76. The topological polar surface area (TPSA) is 55.4 Å². The summed E-state index contributed by atoms with van der Waals surface area (Å²) in [5, 5.41) is 4.77. The first kappa shape index (κ1) is 20.0. The van der Waals surface area contributed by atoms with Gasteiger partial charge in [-0.3, -0.25) is 4.79 Å². The summed E-state index contributed by atoms with van der Waals surface area (Å²) < 4.78 is 32.1. The van der Waals surface area contributed by atoms with Crippen LogP contribution in [-0.2, 0) is 4.74 Å². The van der Waals surface area contributed by atoms with Gasteiger partial charge in [0, 0.05) is 27.6 Å². The molecule has 0 fully saturated rings. The van der Waals surface area contributed by atoms with Crippen LogP contribution in [-0.4, -0.2) is 18.5 Å². The van der Waals surface area contributed by atoms with Crippen molar-refractivity contribution in [1.29, 1.82) is 0 Å². The highest BCUT2D eigenvalue weighted by Crippen LogP contribution is 2.39. The van der Waals surface area contributed by atoms with Crippen molar-refractivity contribution in [2.24, 2.45) is 0 Å². The van der Waals surface area contributed by atoms with E-state index < -0.39 is 23.5 Å². The number of rotatable bonds is 5. The second-order valence-electron chi connectivity index (χ2n) is 5.63. The standard InChI is InChI=1S/C20H14ClF2NO3S/c1-2-27-20(26)17-14(12-5-3-4-6-15(12)21)10-28-19(17)24-18(25)13-8-7-11(22)9-16(13)23/h3-10H,2H2,1H3,(H,24,25). The molecule has 1 aromatic heterocycles. The van der Waals surface area contributed by atoms with Gasteiger partial charge in [0.1, 0.15) is 22.2 Å². The van der Waals surface area contributed by atoms with E-state index in [9.17, 15) is 18.4 Å². The lowest BCUT2D eigenvalue weighted by Crippen LogP contribution is -2.16. The van der Waals surface area contributed by atoms with Gasteiger partial charge in [0.05, 0.1) is 12.2 Å². The van der Waals surface area contributed by atoms with E-state index in [4.69, 9.17) is 16.3 Å². The number of carbonyl (C=O) groups is 2. The number of benzene rings is 2. The highest BCUT2D eigenvalue weighted by molar-refractivity contribution is 7.15. The van der Waals surface area contributed by atoms with Crippen LogP contribution in [0.1, 0.15) is 27.6 Å². The molecule has 4 nitrogen and oxygen atoms in total. The van der Waals surface area contributed by atoms with Crippen molar-refractivity contribution in [1.82, 2.24) is 0 Å². The monoisotopic (exact) mass is 421 g/mol. The van der Waals surface area contributed by atoms with Gasteiger partial charge in [-0.05, 0) is 25.1 Å². The molecule has 1 heterocycles. The SMILES string of the molecule is CCOC(=O)c1c(-c2ccccc2Cl)csc1NC(=O)c1ccc(F)cc1F. The van der Waals surface area contributed by atoms with Crippen LogP contribution in [0.3, 0.4) is 0 Å². The molecular formula is C20H14ClF2NO3S. The first-order valence-electron chi connectivity index (χ1n) is 8.22. The molecule has 0 saturated heterocycles. The molecule has 0 unspecified atom stereocenters. The molecule has 0 aliphatic rings. The van der Waals surface area contributed by atoms with E-state index in [1.54, 1.807) is 36.6 Å². The van der Waals surface area contributed by atoms with Crippen LogP contribution in [0.15, 0.2) is 47.8 Å². The number of carbonyl (C=O) groups excluding carboxylic acids is 2. The molecule has 0 atom stereocenters. The van der Waals surface area contributed by atoms with Gasteiger partial charge in [0.15, 0.2) is 0 Å². The molecule has 0 bridgehead atoms. The molecule has 0 aliphatic heterocycles. The largest absolute Gasteiger partial charge is 0.462 e. The minimum atomic E-state index is -1.00. The minimum absolute atomic E-state index is 0.121. The molecule has 1 N–H and O–H groups in total. The third-order valence-electron chi connectivity index (χ3n) is 3.84. The van der Waals surface area contributed by atoms with E-state index in [-0.39, 0.29) is 22.7 Å². The van der Waals surface area contributed by atoms with Gasteiger partial charge in [-0.15, -0.1) is 11.3 Å². The smallest absolute Gasteiger partial charge is 0.341 e. The van der Waals surface area contributed by atoms with Gasteiger partial charge in [-0.25, -0.2) is 13.6 Å². The van der Waals surface area contributed by atoms with Crippen molar-refractivity contribution < 1.29 is 23.1 Å². The summed E-state index contributed by atoms with van der Waals surface area (Å²) in [6, 6.07) is 9.56. The van der Waals surface area contributed by atoms with Crippen LogP contribution < -0.4 is 5.32 Å². The van der Waals surface area contributed by atoms with Crippen molar-refractivity contribution in [3.05, 3.63) is 75.6 Å². The molecule has 0 aliphatic carbocycles.